The normalized spacial score (nSPS) is 10.4. The standard InChI is InChI=1S/C18H17ClN4O/c1-13-3-6-15(7-4-13)22-18(24)12-20-16-11-14(19)5-8-17(16)23-10-2-9-21-23/h2-11,20H,12H2,1H3,(H,22,24). The number of nitrogens with zero attached hydrogens (tertiary/aromatic N) is 2. The Morgan fingerprint density at radius 2 is 2.00 bits per heavy atom. The first-order valence-electron chi connectivity index (χ1n) is 7.52. The minimum absolute atomic E-state index is 0.127. The second kappa shape index (κ2) is 7.19. The van der Waals surface area contributed by atoms with Crippen molar-refractivity contribution < 1.29 is 4.79 Å². The smallest absolute Gasteiger partial charge is 0.243 e. The molecule has 0 radical (unpaired) electrons. The largest absolute Gasteiger partial charge is 0.374 e. The second-order valence-corrected chi connectivity index (χ2v) is 5.82. The number of nitrogens with one attached hydrogen (secondary N) is 2. The minimum Gasteiger partial charge on any atom is -0.374 e. The number of halogens is 1. The van der Waals surface area contributed by atoms with Crippen LogP contribution in [-0.4, -0.2) is 22.2 Å². The molecular formula is C18H17ClN4O. The minimum atomic E-state index is -0.134. The van der Waals surface area contributed by atoms with Crippen molar-refractivity contribution in [3.63, 3.8) is 0 Å². The zero-order valence-electron chi connectivity index (χ0n) is 13.2. The number of rotatable bonds is 5. The van der Waals surface area contributed by atoms with E-state index in [-0.39, 0.29) is 12.5 Å². The fraction of sp³-hybridized carbons (Fsp3) is 0.111. The van der Waals surface area contributed by atoms with E-state index >= 15 is 0 Å². The first-order valence-corrected chi connectivity index (χ1v) is 7.89. The molecule has 0 aliphatic heterocycles. The molecule has 0 spiro atoms. The molecule has 0 fully saturated rings. The predicted octanol–water partition coefficient (Wildman–Crippen LogP) is 3.88. The van der Waals surface area contributed by atoms with Gasteiger partial charge in [-0.15, -0.1) is 0 Å². The van der Waals surface area contributed by atoms with E-state index in [0.717, 1.165) is 22.6 Å². The summed E-state index contributed by atoms with van der Waals surface area (Å²) in [5.41, 5.74) is 3.48. The maximum atomic E-state index is 12.1. The number of carbonyl (C=O) groups excluding carboxylic acids is 1. The lowest BCUT2D eigenvalue weighted by Gasteiger charge is -2.13. The maximum absolute atomic E-state index is 12.1. The molecule has 3 rings (SSSR count). The van der Waals surface area contributed by atoms with Crippen molar-refractivity contribution >= 4 is 28.9 Å². The molecule has 0 bridgehead atoms. The van der Waals surface area contributed by atoms with Gasteiger partial charge in [0, 0.05) is 23.1 Å². The molecule has 5 nitrogen and oxygen atoms in total. The third-order valence-electron chi connectivity index (χ3n) is 3.48. The molecule has 0 atom stereocenters. The topological polar surface area (TPSA) is 59.0 Å². The molecule has 0 aliphatic rings. The summed E-state index contributed by atoms with van der Waals surface area (Å²) < 4.78 is 1.72. The monoisotopic (exact) mass is 340 g/mol. The van der Waals surface area contributed by atoms with Crippen LogP contribution in [0, 0.1) is 6.92 Å². The van der Waals surface area contributed by atoms with Gasteiger partial charge in [-0.05, 0) is 43.3 Å². The van der Waals surface area contributed by atoms with Crippen LogP contribution in [0.1, 0.15) is 5.56 Å². The van der Waals surface area contributed by atoms with Gasteiger partial charge in [-0.3, -0.25) is 4.79 Å². The number of aromatic nitrogens is 2. The lowest BCUT2D eigenvalue weighted by Crippen LogP contribution is -2.22. The van der Waals surface area contributed by atoms with E-state index in [1.54, 1.807) is 23.0 Å². The van der Waals surface area contributed by atoms with Crippen LogP contribution in [0.15, 0.2) is 60.9 Å². The van der Waals surface area contributed by atoms with Gasteiger partial charge >= 0.3 is 0 Å². The zero-order chi connectivity index (χ0) is 16.9. The number of aryl methyl sites for hydroxylation is 1. The quantitative estimate of drug-likeness (QED) is 0.741. The van der Waals surface area contributed by atoms with Crippen molar-refractivity contribution in [3.05, 3.63) is 71.5 Å². The van der Waals surface area contributed by atoms with Gasteiger partial charge in [0.05, 0.1) is 17.9 Å². The van der Waals surface area contributed by atoms with E-state index in [1.165, 1.54) is 0 Å². The fourth-order valence-electron chi connectivity index (χ4n) is 2.28. The van der Waals surface area contributed by atoms with Gasteiger partial charge in [-0.25, -0.2) is 4.68 Å². The Balaban J connectivity index is 1.69. The van der Waals surface area contributed by atoms with Crippen molar-refractivity contribution in [2.45, 2.75) is 6.92 Å². The molecule has 0 saturated carbocycles. The van der Waals surface area contributed by atoms with Crippen LogP contribution in [0.5, 0.6) is 0 Å². The van der Waals surface area contributed by atoms with Crippen molar-refractivity contribution in [1.82, 2.24) is 9.78 Å². The first-order chi connectivity index (χ1) is 11.6. The van der Waals surface area contributed by atoms with Crippen molar-refractivity contribution in [2.24, 2.45) is 0 Å². The van der Waals surface area contributed by atoms with Gasteiger partial charge in [0.25, 0.3) is 0 Å². The molecule has 6 heteroatoms. The average molecular weight is 341 g/mol. The number of hydrogen-bond acceptors (Lipinski definition) is 3. The summed E-state index contributed by atoms with van der Waals surface area (Å²) in [6, 6.07) is 14.9. The van der Waals surface area contributed by atoms with Crippen LogP contribution < -0.4 is 10.6 Å². The van der Waals surface area contributed by atoms with Gasteiger partial charge in [-0.1, -0.05) is 29.3 Å². The summed E-state index contributed by atoms with van der Waals surface area (Å²) >= 11 is 6.07. The summed E-state index contributed by atoms with van der Waals surface area (Å²) in [7, 11) is 0. The van der Waals surface area contributed by atoms with Crippen LogP contribution in [0.25, 0.3) is 5.69 Å². The van der Waals surface area contributed by atoms with Gasteiger partial charge in [0.2, 0.25) is 5.91 Å². The molecule has 0 unspecified atom stereocenters. The lowest BCUT2D eigenvalue weighted by atomic mass is 10.2. The van der Waals surface area contributed by atoms with Crippen LogP contribution >= 0.6 is 11.6 Å². The summed E-state index contributed by atoms with van der Waals surface area (Å²) in [5.74, 6) is -0.134. The van der Waals surface area contributed by atoms with E-state index in [1.807, 2.05) is 49.5 Å². The zero-order valence-corrected chi connectivity index (χ0v) is 13.9. The van der Waals surface area contributed by atoms with Gasteiger partial charge < -0.3 is 10.6 Å². The Kier molecular flexibility index (Phi) is 4.82. The van der Waals surface area contributed by atoms with E-state index in [4.69, 9.17) is 11.6 Å². The number of amides is 1. The molecule has 24 heavy (non-hydrogen) atoms. The first kappa shape index (κ1) is 16.1. The molecule has 2 N–H and O–H groups in total. The number of anilines is 2. The highest BCUT2D eigenvalue weighted by Gasteiger charge is 2.08. The van der Waals surface area contributed by atoms with Crippen LogP contribution in [0.3, 0.4) is 0 Å². The number of carbonyl (C=O) groups is 1. The number of benzene rings is 2. The summed E-state index contributed by atoms with van der Waals surface area (Å²) in [6.07, 6.45) is 3.53. The Morgan fingerprint density at radius 3 is 2.71 bits per heavy atom. The van der Waals surface area contributed by atoms with Crippen molar-refractivity contribution in [3.8, 4) is 5.69 Å². The summed E-state index contributed by atoms with van der Waals surface area (Å²) in [6.45, 7) is 2.13. The molecule has 0 aliphatic carbocycles. The summed E-state index contributed by atoms with van der Waals surface area (Å²) in [5, 5.41) is 10.8. The van der Waals surface area contributed by atoms with Crippen molar-refractivity contribution in [1.29, 1.82) is 0 Å². The van der Waals surface area contributed by atoms with Crippen LogP contribution in [-0.2, 0) is 4.79 Å². The second-order valence-electron chi connectivity index (χ2n) is 5.38. The molecule has 0 saturated heterocycles. The molecule has 2 aromatic carbocycles. The molecule has 1 aromatic heterocycles. The Bertz CT molecular complexity index is 829. The summed E-state index contributed by atoms with van der Waals surface area (Å²) in [4.78, 5) is 12.1. The molecule has 122 valence electrons. The van der Waals surface area contributed by atoms with Gasteiger partial charge in [0.1, 0.15) is 0 Å². The highest BCUT2D eigenvalue weighted by Crippen LogP contribution is 2.24. The Morgan fingerprint density at radius 1 is 1.21 bits per heavy atom. The molecule has 1 heterocycles. The SMILES string of the molecule is Cc1ccc(NC(=O)CNc2cc(Cl)ccc2-n2cccn2)cc1. The molecule has 1 amide bonds. The number of hydrogen-bond donors (Lipinski definition) is 2. The maximum Gasteiger partial charge on any atom is 0.243 e. The average Bonchev–Trinajstić information content (AvgIpc) is 3.09. The van der Waals surface area contributed by atoms with Gasteiger partial charge in [0.15, 0.2) is 0 Å². The van der Waals surface area contributed by atoms with Gasteiger partial charge in [-0.2, -0.15) is 5.10 Å². The fourth-order valence-corrected chi connectivity index (χ4v) is 2.45. The van der Waals surface area contributed by atoms with E-state index < -0.39 is 0 Å². The third-order valence-corrected chi connectivity index (χ3v) is 3.72. The Labute approximate surface area is 145 Å². The van der Waals surface area contributed by atoms with E-state index in [0.29, 0.717) is 5.02 Å². The molecular weight excluding hydrogens is 324 g/mol. The highest BCUT2D eigenvalue weighted by atomic mass is 35.5. The van der Waals surface area contributed by atoms with E-state index in [2.05, 4.69) is 15.7 Å². The molecule has 3 aromatic rings. The highest BCUT2D eigenvalue weighted by molar-refractivity contribution is 6.31. The van der Waals surface area contributed by atoms with Crippen LogP contribution in [0.2, 0.25) is 5.02 Å². The van der Waals surface area contributed by atoms with Crippen LogP contribution in [0.4, 0.5) is 11.4 Å². The lowest BCUT2D eigenvalue weighted by molar-refractivity contribution is -0.114. The predicted molar refractivity (Wildman–Crippen MR) is 96.9 cm³/mol. The van der Waals surface area contributed by atoms with E-state index in [9.17, 15) is 4.79 Å². The third kappa shape index (κ3) is 3.94. The Hall–Kier alpha value is -2.79. The van der Waals surface area contributed by atoms with Crippen molar-refractivity contribution in [2.75, 3.05) is 17.2 Å².